The van der Waals surface area contributed by atoms with Gasteiger partial charge in [-0.2, -0.15) is 11.8 Å². The van der Waals surface area contributed by atoms with Crippen LogP contribution in [0.15, 0.2) is 29.2 Å². The lowest BCUT2D eigenvalue weighted by Crippen LogP contribution is -1.91. The Hall–Kier alpha value is -0.190. The predicted molar refractivity (Wildman–Crippen MR) is 56.7 cm³/mol. The van der Waals surface area contributed by atoms with Crippen molar-refractivity contribution in [1.82, 2.24) is 0 Å². The average Bonchev–Trinajstić information content (AvgIpc) is 2.04. The lowest BCUT2D eigenvalue weighted by Gasteiger charge is -2.00. The molecule has 0 aliphatic rings. The van der Waals surface area contributed by atoms with Crippen LogP contribution in [0.1, 0.15) is 5.56 Å². The van der Waals surface area contributed by atoms with Crippen molar-refractivity contribution < 1.29 is 8.42 Å². The van der Waals surface area contributed by atoms with Crippen LogP contribution in [0, 0.1) is 0 Å². The van der Waals surface area contributed by atoms with Crippen molar-refractivity contribution in [2.75, 3.05) is 6.26 Å². The van der Waals surface area contributed by atoms with Crippen LogP contribution in [0.2, 0.25) is 0 Å². The number of hydrogen-bond acceptors (Lipinski definition) is 3. The Morgan fingerprint density at radius 2 is 2.15 bits per heavy atom. The molecule has 13 heavy (non-hydrogen) atoms. The van der Waals surface area contributed by atoms with E-state index in [1.165, 1.54) is 6.07 Å². The van der Waals surface area contributed by atoms with Crippen molar-refractivity contribution in [3.63, 3.8) is 0 Å². The molecule has 72 valence electrons. The molecule has 0 aliphatic heterocycles. The average molecular weight is 237 g/mol. The van der Waals surface area contributed by atoms with Gasteiger partial charge in [-0.05, 0) is 24.0 Å². The maximum Gasteiger partial charge on any atom is 0.261 e. The Balaban J connectivity index is 3.06. The minimum Gasteiger partial charge on any atom is -0.207 e. The normalized spacial score (nSPS) is 11.5. The third kappa shape index (κ3) is 3.21. The minimum absolute atomic E-state index is 0.167. The molecule has 0 saturated heterocycles. The van der Waals surface area contributed by atoms with Gasteiger partial charge in [0.05, 0.1) is 4.90 Å². The zero-order chi connectivity index (χ0) is 9.90. The molecular weight excluding hydrogens is 228 g/mol. The van der Waals surface area contributed by atoms with Gasteiger partial charge in [-0.1, -0.05) is 12.1 Å². The molecule has 0 heterocycles. The van der Waals surface area contributed by atoms with Crippen LogP contribution >= 0.6 is 22.4 Å². The number of benzene rings is 1. The highest BCUT2D eigenvalue weighted by Crippen LogP contribution is 2.18. The highest BCUT2D eigenvalue weighted by atomic mass is 35.7. The molecule has 0 atom stereocenters. The third-order valence-corrected chi connectivity index (χ3v) is 3.46. The van der Waals surface area contributed by atoms with Crippen molar-refractivity contribution in [3.05, 3.63) is 29.8 Å². The molecule has 0 bridgehead atoms. The van der Waals surface area contributed by atoms with E-state index >= 15 is 0 Å². The van der Waals surface area contributed by atoms with E-state index in [2.05, 4.69) is 0 Å². The summed E-state index contributed by atoms with van der Waals surface area (Å²) in [5.41, 5.74) is 0.967. The van der Waals surface area contributed by atoms with Gasteiger partial charge in [-0.25, -0.2) is 8.42 Å². The van der Waals surface area contributed by atoms with Gasteiger partial charge < -0.3 is 0 Å². The summed E-state index contributed by atoms with van der Waals surface area (Å²) in [6.45, 7) is 0. The van der Waals surface area contributed by atoms with Crippen molar-refractivity contribution in [2.45, 2.75) is 10.6 Å². The summed E-state index contributed by atoms with van der Waals surface area (Å²) < 4.78 is 21.9. The lowest BCUT2D eigenvalue weighted by molar-refractivity contribution is 0.609. The second-order valence-electron chi connectivity index (χ2n) is 2.52. The van der Waals surface area contributed by atoms with E-state index in [1.807, 2.05) is 12.3 Å². The van der Waals surface area contributed by atoms with Gasteiger partial charge in [0.2, 0.25) is 0 Å². The predicted octanol–water partition coefficient (Wildman–Crippen LogP) is 2.48. The maximum atomic E-state index is 10.9. The number of hydrogen-bond donors (Lipinski definition) is 0. The topological polar surface area (TPSA) is 34.1 Å². The Kier molecular flexibility index (Phi) is 3.64. The van der Waals surface area contributed by atoms with Crippen molar-refractivity contribution in [1.29, 1.82) is 0 Å². The van der Waals surface area contributed by atoms with Gasteiger partial charge in [-0.3, -0.25) is 0 Å². The molecule has 0 fully saturated rings. The first-order chi connectivity index (χ1) is 6.04. The summed E-state index contributed by atoms with van der Waals surface area (Å²) in [6, 6.07) is 6.66. The van der Waals surface area contributed by atoms with Crippen molar-refractivity contribution >= 4 is 31.5 Å². The second kappa shape index (κ2) is 4.35. The molecule has 0 saturated carbocycles. The second-order valence-corrected chi connectivity index (χ2v) is 5.95. The monoisotopic (exact) mass is 236 g/mol. The van der Waals surface area contributed by atoms with E-state index in [-0.39, 0.29) is 4.90 Å². The standard InChI is InChI=1S/C8H9ClO2S2/c1-12-6-7-3-2-4-8(5-7)13(9,10)11/h2-5H,6H2,1H3. The fourth-order valence-electron chi connectivity index (χ4n) is 0.954. The molecule has 0 radical (unpaired) electrons. The molecule has 1 aromatic rings. The zero-order valence-electron chi connectivity index (χ0n) is 7.03. The summed E-state index contributed by atoms with van der Waals surface area (Å²) in [7, 11) is 1.62. The van der Waals surface area contributed by atoms with Gasteiger partial charge in [0.1, 0.15) is 0 Å². The molecule has 0 aliphatic carbocycles. The molecule has 1 aromatic carbocycles. The largest absolute Gasteiger partial charge is 0.261 e. The molecule has 0 spiro atoms. The Bertz CT molecular complexity index is 387. The molecule has 0 aromatic heterocycles. The van der Waals surface area contributed by atoms with E-state index in [1.54, 1.807) is 23.9 Å². The third-order valence-electron chi connectivity index (χ3n) is 1.49. The number of thioether (sulfide) groups is 1. The maximum absolute atomic E-state index is 10.9. The molecule has 5 heteroatoms. The highest BCUT2D eigenvalue weighted by Gasteiger charge is 2.09. The van der Waals surface area contributed by atoms with Gasteiger partial charge in [-0.15, -0.1) is 0 Å². The smallest absolute Gasteiger partial charge is 0.207 e. The molecular formula is C8H9ClO2S2. The van der Waals surface area contributed by atoms with E-state index < -0.39 is 9.05 Å². The summed E-state index contributed by atoms with van der Waals surface area (Å²) in [6.07, 6.45) is 1.96. The Morgan fingerprint density at radius 1 is 1.46 bits per heavy atom. The fourth-order valence-corrected chi connectivity index (χ4v) is 2.29. The number of rotatable bonds is 3. The van der Waals surface area contributed by atoms with Crippen LogP contribution in [-0.2, 0) is 14.8 Å². The van der Waals surface area contributed by atoms with Gasteiger partial charge in [0, 0.05) is 16.4 Å². The first-order valence-corrected chi connectivity index (χ1v) is 7.27. The van der Waals surface area contributed by atoms with Gasteiger partial charge in [0.25, 0.3) is 9.05 Å². The summed E-state index contributed by atoms with van der Waals surface area (Å²) in [4.78, 5) is 0.167. The van der Waals surface area contributed by atoms with Crippen molar-refractivity contribution in [2.24, 2.45) is 0 Å². The molecule has 1 rings (SSSR count). The fraction of sp³-hybridized carbons (Fsp3) is 0.250. The van der Waals surface area contributed by atoms with E-state index in [4.69, 9.17) is 10.7 Å². The van der Waals surface area contributed by atoms with Crippen LogP contribution in [0.3, 0.4) is 0 Å². The van der Waals surface area contributed by atoms with Crippen LogP contribution in [-0.4, -0.2) is 14.7 Å². The van der Waals surface area contributed by atoms with E-state index in [0.29, 0.717) is 0 Å². The van der Waals surface area contributed by atoms with Crippen LogP contribution < -0.4 is 0 Å². The molecule has 2 nitrogen and oxygen atoms in total. The summed E-state index contributed by atoms with van der Waals surface area (Å²) in [5, 5.41) is 0. The van der Waals surface area contributed by atoms with E-state index in [0.717, 1.165) is 11.3 Å². The summed E-state index contributed by atoms with van der Waals surface area (Å²) in [5.74, 6) is 0.792. The Labute approximate surface area is 86.7 Å². The van der Waals surface area contributed by atoms with Crippen LogP contribution in [0.4, 0.5) is 0 Å². The molecule has 0 N–H and O–H groups in total. The lowest BCUT2D eigenvalue weighted by atomic mass is 10.2. The number of halogens is 1. The molecule has 0 unspecified atom stereocenters. The van der Waals surface area contributed by atoms with Gasteiger partial charge in [0.15, 0.2) is 0 Å². The Morgan fingerprint density at radius 3 is 2.69 bits per heavy atom. The van der Waals surface area contributed by atoms with E-state index in [9.17, 15) is 8.42 Å². The highest BCUT2D eigenvalue weighted by molar-refractivity contribution is 8.13. The first-order valence-electron chi connectivity index (χ1n) is 3.56. The van der Waals surface area contributed by atoms with Crippen LogP contribution in [0.25, 0.3) is 0 Å². The quantitative estimate of drug-likeness (QED) is 0.757. The molecule has 0 amide bonds. The summed E-state index contributed by atoms with van der Waals surface area (Å²) >= 11 is 1.64. The van der Waals surface area contributed by atoms with Crippen LogP contribution in [0.5, 0.6) is 0 Å². The SMILES string of the molecule is CSCc1cccc(S(=O)(=O)Cl)c1. The first kappa shape index (κ1) is 10.9. The zero-order valence-corrected chi connectivity index (χ0v) is 9.42. The minimum atomic E-state index is -3.58. The van der Waals surface area contributed by atoms with Gasteiger partial charge >= 0.3 is 0 Å². The van der Waals surface area contributed by atoms with Crippen molar-refractivity contribution in [3.8, 4) is 0 Å².